The molecule has 0 spiro atoms. The standard InChI is InChI=1S/C10H14F3N3/c11-10(12,13)3-5-16-7-14-6-9(16)8-2-1-4-15-8/h6-8,15H,1-5H2. The third-order valence-corrected chi connectivity index (χ3v) is 2.80. The third-order valence-electron chi connectivity index (χ3n) is 2.80. The van der Waals surface area contributed by atoms with E-state index in [9.17, 15) is 13.2 Å². The Kier molecular flexibility index (Phi) is 3.18. The Bertz CT molecular complexity index is 339. The van der Waals surface area contributed by atoms with Crippen LogP contribution in [0.3, 0.4) is 0 Å². The molecule has 0 bridgehead atoms. The Labute approximate surface area is 91.7 Å². The van der Waals surface area contributed by atoms with Crippen LogP contribution in [0.2, 0.25) is 0 Å². The van der Waals surface area contributed by atoms with Gasteiger partial charge in [0.05, 0.1) is 18.4 Å². The molecule has 0 saturated carbocycles. The number of alkyl halides is 3. The summed E-state index contributed by atoms with van der Waals surface area (Å²) in [4.78, 5) is 3.92. The van der Waals surface area contributed by atoms with Crippen molar-refractivity contribution in [3.8, 4) is 0 Å². The van der Waals surface area contributed by atoms with Gasteiger partial charge in [-0.25, -0.2) is 4.98 Å². The average Bonchev–Trinajstić information content (AvgIpc) is 2.84. The largest absolute Gasteiger partial charge is 0.390 e. The summed E-state index contributed by atoms with van der Waals surface area (Å²) in [6, 6.07) is 0.163. The van der Waals surface area contributed by atoms with Crippen molar-refractivity contribution in [1.82, 2.24) is 14.9 Å². The van der Waals surface area contributed by atoms with Gasteiger partial charge in [0, 0.05) is 18.8 Å². The van der Waals surface area contributed by atoms with Gasteiger partial charge in [-0.2, -0.15) is 13.2 Å². The molecular formula is C10H14F3N3. The van der Waals surface area contributed by atoms with Crippen LogP contribution in [0.5, 0.6) is 0 Å². The van der Waals surface area contributed by atoms with Gasteiger partial charge in [0.1, 0.15) is 0 Å². The Morgan fingerprint density at radius 3 is 2.94 bits per heavy atom. The molecule has 90 valence electrons. The lowest BCUT2D eigenvalue weighted by molar-refractivity contribution is -0.136. The van der Waals surface area contributed by atoms with E-state index in [0.29, 0.717) is 0 Å². The van der Waals surface area contributed by atoms with Crippen LogP contribution in [-0.4, -0.2) is 22.3 Å². The zero-order valence-corrected chi connectivity index (χ0v) is 8.80. The van der Waals surface area contributed by atoms with Crippen molar-refractivity contribution in [3.63, 3.8) is 0 Å². The number of nitrogens with one attached hydrogen (secondary N) is 1. The fourth-order valence-corrected chi connectivity index (χ4v) is 1.99. The Morgan fingerprint density at radius 1 is 1.50 bits per heavy atom. The first-order valence-corrected chi connectivity index (χ1v) is 5.36. The molecule has 2 rings (SSSR count). The summed E-state index contributed by atoms with van der Waals surface area (Å²) in [7, 11) is 0. The van der Waals surface area contributed by atoms with Crippen molar-refractivity contribution >= 4 is 0 Å². The van der Waals surface area contributed by atoms with Crippen LogP contribution in [0.25, 0.3) is 0 Å². The fourth-order valence-electron chi connectivity index (χ4n) is 1.99. The molecule has 1 aromatic heterocycles. The monoisotopic (exact) mass is 233 g/mol. The van der Waals surface area contributed by atoms with Crippen molar-refractivity contribution in [2.24, 2.45) is 0 Å². The molecule has 6 heteroatoms. The van der Waals surface area contributed by atoms with E-state index < -0.39 is 12.6 Å². The van der Waals surface area contributed by atoms with E-state index in [1.54, 1.807) is 10.8 Å². The lowest BCUT2D eigenvalue weighted by Gasteiger charge is -2.14. The number of halogens is 3. The number of hydrogen-bond acceptors (Lipinski definition) is 2. The Hall–Kier alpha value is -1.04. The highest BCUT2D eigenvalue weighted by atomic mass is 19.4. The Morgan fingerprint density at radius 2 is 2.31 bits per heavy atom. The molecule has 1 atom stereocenters. The van der Waals surface area contributed by atoms with E-state index >= 15 is 0 Å². The van der Waals surface area contributed by atoms with E-state index in [4.69, 9.17) is 0 Å². The molecule has 3 nitrogen and oxygen atoms in total. The minimum atomic E-state index is -4.11. The second kappa shape index (κ2) is 4.45. The van der Waals surface area contributed by atoms with Gasteiger partial charge in [-0.15, -0.1) is 0 Å². The van der Waals surface area contributed by atoms with Crippen LogP contribution in [0.4, 0.5) is 13.2 Å². The van der Waals surface area contributed by atoms with Crippen LogP contribution in [0, 0.1) is 0 Å². The predicted octanol–water partition coefficient (Wildman–Crippen LogP) is 2.26. The molecule has 1 unspecified atom stereocenters. The SMILES string of the molecule is FC(F)(F)CCn1cncc1C1CCCN1. The minimum absolute atomic E-state index is 0.0446. The maximum atomic E-state index is 12.1. The first-order chi connectivity index (χ1) is 7.56. The lowest BCUT2D eigenvalue weighted by atomic mass is 10.2. The number of aromatic nitrogens is 2. The lowest BCUT2D eigenvalue weighted by Crippen LogP contribution is -2.19. The summed E-state index contributed by atoms with van der Waals surface area (Å²) >= 11 is 0. The maximum Gasteiger partial charge on any atom is 0.390 e. The summed E-state index contributed by atoms with van der Waals surface area (Å²) in [6.45, 7) is 0.881. The van der Waals surface area contributed by atoms with Crippen LogP contribution < -0.4 is 5.32 Å². The normalized spacial score (nSPS) is 21.6. The van der Waals surface area contributed by atoms with Gasteiger partial charge in [-0.05, 0) is 19.4 Å². The van der Waals surface area contributed by atoms with Gasteiger partial charge in [0.15, 0.2) is 0 Å². The summed E-state index contributed by atoms with van der Waals surface area (Å²) in [5.74, 6) is 0. The first kappa shape index (κ1) is 11.4. The molecule has 0 amide bonds. The average molecular weight is 233 g/mol. The van der Waals surface area contributed by atoms with E-state index in [0.717, 1.165) is 25.1 Å². The number of aryl methyl sites for hydroxylation is 1. The molecule has 2 heterocycles. The molecule has 0 aliphatic carbocycles. The summed E-state index contributed by atoms with van der Waals surface area (Å²) < 4.78 is 37.9. The molecule has 1 fully saturated rings. The van der Waals surface area contributed by atoms with Gasteiger partial charge < -0.3 is 9.88 Å². The molecule has 0 radical (unpaired) electrons. The highest BCUT2D eigenvalue weighted by Gasteiger charge is 2.28. The highest BCUT2D eigenvalue weighted by Crippen LogP contribution is 2.25. The van der Waals surface area contributed by atoms with Crippen LogP contribution >= 0.6 is 0 Å². The number of hydrogen-bond donors (Lipinski definition) is 1. The second-order valence-electron chi connectivity index (χ2n) is 4.03. The summed E-state index contributed by atoms with van der Waals surface area (Å²) in [5.41, 5.74) is 0.863. The fraction of sp³-hybridized carbons (Fsp3) is 0.700. The van der Waals surface area contributed by atoms with Gasteiger partial charge in [0.25, 0.3) is 0 Å². The number of nitrogens with zero attached hydrogens (tertiary/aromatic N) is 2. The molecule has 1 aliphatic rings. The van der Waals surface area contributed by atoms with Gasteiger partial charge in [-0.3, -0.25) is 0 Å². The Balaban J connectivity index is 2.01. The number of imidazole rings is 1. The van der Waals surface area contributed by atoms with Crippen molar-refractivity contribution < 1.29 is 13.2 Å². The molecule has 16 heavy (non-hydrogen) atoms. The minimum Gasteiger partial charge on any atom is -0.333 e. The van der Waals surface area contributed by atoms with Crippen LogP contribution in [0.1, 0.15) is 31.0 Å². The summed E-state index contributed by atoms with van der Waals surface area (Å²) in [6.07, 6.45) is 0.251. The van der Waals surface area contributed by atoms with Crippen LogP contribution in [0.15, 0.2) is 12.5 Å². The zero-order chi connectivity index (χ0) is 11.6. The predicted molar refractivity (Wildman–Crippen MR) is 52.9 cm³/mol. The molecule has 0 aromatic carbocycles. The van der Waals surface area contributed by atoms with Gasteiger partial charge >= 0.3 is 6.18 Å². The molecule has 1 saturated heterocycles. The van der Waals surface area contributed by atoms with Crippen LogP contribution in [-0.2, 0) is 6.54 Å². The topological polar surface area (TPSA) is 29.9 Å². The van der Waals surface area contributed by atoms with Crippen molar-refractivity contribution in [2.45, 2.75) is 38.0 Å². The zero-order valence-electron chi connectivity index (χ0n) is 8.80. The quantitative estimate of drug-likeness (QED) is 0.867. The van der Waals surface area contributed by atoms with E-state index in [1.807, 2.05) is 0 Å². The molecular weight excluding hydrogens is 219 g/mol. The van der Waals surface area contributed by atoms with Crippen molar-refractivity contribution in [3.05, 3.63) is 18.2 Å². The second-order valence-corrected chi connectivity index (χ2v) is 4.03. The molecule has 1 N–H and O–H groups in total. The highest BCUT2D eigenvalue weighted by molar-refractivity contribution is 5.07. The summed E-state index contributed by atoms with van der Waals surface area (Å²) in [5, 5.41) is 3.25. The van der Waals surface area contributed by atoms with Crippen molar-refractivity contribution in [1.29, 1.82) is 0 Å². The van der Waals surface area contributed by atoms with Gasteiger partial charge in [0.2, 0.25) is 0 Å². The van der Waals surface area contributed by atoms with Gasteiger partial charge in [-0.1, -0.05) is 0 Å². The molecule has 1 aromatic rings. The van der Waals surface area contributed by atoms with E-state index in [1.165, 1.54) is 6.33 Å². The molecule has 1 aliphatic heterocycles. The first-order valence-electron chi connectivity index (χ1n) is 5.36. The smallest absolute Gasteiger partial charge is 0.333 e. The van der Waals surface area contributed by atoms with Crippen molar-refractivity contribution in [2.75, 3.05) is 6.54 Å². The van der Waals surface area contributed by atoms with E-state index in [-0.39, 0.29) is 12.6 Å². The third kappa shape index (κ3) is 2.75. The van der Waals surface area contributed by atoms with E-state index in [2.05, 4.69) is 10.3 Å². The number of rotatable bonds is 3. The maximum absolute atomic E-state index is 12.1.